The second kappa shape index (κ2) is 8.79. The number of carbonyl (C=O) groups excluding carboxylic acids is 1. The van der Waals surface area contributed by atoms with Crippen molar-refractivity contribution in [2.75, 3.05) is 5.32 Å². The lowest BCUT2D eigenvalue weighted by atomic mass is 10.0. The van der Waals surface area contributed by atoms with Gasteiger partial charge in [-0.25, -0.2) is 9.97 Å². The molecule has 0 fully saturated rings. The summed E-state index contributed by atoms with van der Waals surface area (Å²) >= 11 is 0. The zero-order chi connectivity index (χ0) is 21.8. The zero-order valence-corrected chi connectivity index (χ0v) is 17.7. The van der Waals surface area contributed by atoms with Gasteiger partial charge in [0.05, 0.1) is 0 Å². The van der Waals surface area contributed by atoms with Crippen molar-refractivity contribution in [2.45, 2.75) is 20.8 Å². The number of amides is 1. The van der Waals surface area contributed by atoms with E-state index in [4.69, 9.17) is 4.74 Å². The van der Waals surface area contributed by atoms with Crippen LogP contribution in [0.4, 0.5) is 5.69 Å². The Morgan fingerprint density at radius 3 is 2.13 bits per heavy atom. The summed E-state index contributed by atoms with van der Waals surface area (Å²) in [5.74, 6) is 0.391. The minimum absolute atomic E-state index is 0.171. The van der Waals surface area contributed by atoms with Crippen LogP contribution in [0.5, 0.6) is 11.8 Å². The molecule has 0 saturated heterocycles. The Labute approximate surface area is 181 Å². The SMILES string of the molecule is Cc1cc(C)cc(NC(=O)c2ccc(Oc3ncc(-c4ccccc4C)cn3)cc2)c1. The van der Waals surface area contributed by atoms with Crippen LogP contribution in [-0.4, -0.2) is 15.9 Å². The van der Waals surface area contributed by atoms with Gasteiger partial charge in [0.25, 0.3) is 5.91 Å². The third-order valence-corrected chi connectivity index (χ3v) is 4.89. The van der Waals surface area contributed by atoms with Crippen LogP contribution < -0.4 is 10.1 Å². The Bertz CT molecular complexity index is 1200. The minimum atomic E-state index is -0.171. The summed E-state index contributed by atoms with van der Waals surface area (Å²) in [5, 5.41) is 2.93. The van der Waals surface area contributed by atoms with E-state index in [-0.39, 0.29) is 11.9 Å². The number of carbonyl (C=O) groups is 1. The highest BCUT2D eigenvalue weighted by Crippen LogP contribution is 2.24. The quantitative estimate of drug-likeness (QED) is 0.432. The lowest BCUT2D eigenvalue weighted by molar-refractivity contribution is 0.102. The zero-order valence-electron chi connectivity index (χ0n) is 17.7. The number of aromatic nitrogens is 2. The van der Waals surface area contributed by atoms with Crippen LogP contribution in [0.25, 0.3) is 11.1 Å². The second-order valence-corrected chi connectivity index (χ2v) is 7.53. The largest absolute Gasteiger partial charge is 0.424 e. The minimum Gasteiger partial charge on any atom is -0.424 e. The van der Waals surface area contributed by atoms with E-state index in [0.717, 1.165) is 33.5 Å². The molecule has 1 heterocycles. The molecule has 0 aliphatic heterocycles. The van der Waals surface area contributed by atoms with Gasteiger partial charge in [0, 0.05) is 29.2 Å². The number of hydrogen-bond acceptors (Lipinski definition) is 4. The molecule has 0 spiro atoms. The fraction of sp³-hybridized carbons (Fsp3) is 0.115. The number of ether oxygens (including phenoxy) is 1. The van der Waals surface area contributed by atoms with Crippen LogP contribution >= 0.6 is 0 Å². The van der Waals surface area contributed by atoms with Crippen molar-refractivity contribution in [1.29, 1.82) is 0 Å². The third-order valence-electron chi connectivity index (χ3n) is 4.89. The van der Waals surface area contributed by atoms with Crippen LogP contribution in [-0.2, 0) is 0 Å². The van der Waals surface area contributed by atoms with Gasteiger partial charge in [-0.15, -0.1) is 0 Å². The maximum atomic E-state index is 12.5. The van der Waals surface area contributed by atoms with E-state index < -0.39 is 0 Å². The maximum Gasteiger partial charge on any atom is 0.321 e. The molecule has 4 aromatic rings. The molecule has 3 aromatic carbocycles. The Balaban J connectivity index is 1.42. The van der Waals surface area contributed by atoms with Crippen molar-refractivity contribution in [3.8, 4) is 22.9 Å². The van der Waals surface area contributed by atoms with Gasteiger partial charge in [-0.1, -0.05) is 30.3 Å². The first kappa shape index (κ1) is 20.3. The molecule has 0 bridgehead atoms. The van der Waals surface area contributed by atoms with Crippen LogP contribution in [0, 0.1) is 20.8 Å². The van der Waals surface area contributed by atoms with E-state index in [9.17, 15) is 4.79 Å². The van der Waals surface area contributed by atoms with E-state index in [1.54, 1.807) is 36.7 Å². The number of nitrogens with one attached hydrogen (secondary N) is 1. The Kier molecular flexibility index (Phi) is 5.76. The topological polar surface area (TPSA) is 64.1 Å². The fourth-order valence-electron chi connectivity index (χ4n) is 3.43. The van der Waals surface area contributed by atoms with Crippen LogP contribution in [0.2, 0.25) is 0 Å². The summed E-state index contributed by atoms with van der Waals surface area (Å²) < 4.78 is 5.73. The molecule has 0 saturated carbocycles. The molecule has 5 heteroatoms. The molecular formula is C26H23N3O2. The summed E-state index contributed by atoms with van der Waals surface area (Å²) in [7, 11) is 0. The summed E-state index contributed by atoms with van der Waals surface area (Å²) in [5.41, 5.74) is 6.72. The van der Waals surface area contributed by atoms with E-state index in [0.29, 0.717) is 11.3 Å². The van der Waals surface area contributed by atoms with Crippen LogP contribution in [0.1, 0.15) is 27.0 Å². The number of benzene rings is 3. The molecule has 31 heavy (non-hydrogen) atoms. The molecule has 1 aromatic heterocycles. The monoisotopic (exact) mass is 409 g/mol. The van der Waals surface area contributed by atoms with Crippen LogP contribution in [0.3, 0.4) is 0 Å². The molecule has 1 N–H and O–H groups in total. The van der Waals surface area contributed by atoms with E-state index in [2.05, 4.69) is 34.3 Å². The van der Waals surface area contributed by atoms with Crippen molar-refractivity contribution < 1.29 is 9.53 Å². The standard InChI is InChI=1S/C26H23N3O2/c1-17-12-18(2)14-22(13-17)29-25(30)20-8-10-23(11-9-20)31-26-27-15-21(16-28-26)24-7-5-4-6-19(24)3/h4-16H,1-3H3,(H,29,30). The molecule has 0 radical (unpaired) electrons. The van der Waals surface area contributed by atoms with Crippen molar-refractivity contribution in [3.05, 3.63) is 101 Å². The van der Waals surface area contributed by atoms with Gasteiger partial charge in [-0.3, -0.25) is 4.79 Å². The maximum absolute atomic E-state index is 12.5. The second-order valence-electron chi connectivity index (χ2n) is 7.53. The first-order chi connectivity index (χ1) is 15.0. The van der Waals surface area contributed by atoms with Gasteiger partial charge in [-0.05, 0) is 79.4 Å². The van der Waals surface area contributed by atoms with E-state index in [1.807, 2.05) is 44.2 Å². The first-order valence-corrected chi connectivity index (χ1v) is 10.0. The first-order valence-electron chi connectivity index (χ1n) is 10.0. The Morgan fingerprint density at radius 2 is 1.48 bits per heavy atom. The summed E-state index contributed by atoms with van der Waals surface area (Å²) in [6.07, 6.45) is 3.49. The molecule has 5 nitrogen and oxygen atoms in total. The van der Waals surface area contributed by atoms with Gasteiger partial charge < -0.3 is 10.1 Å². The van der Waals surface area contributed by atoms with Crippen molar-refractivity contribution in [1.82, 2.24) is 9.97 Å². The number of nitrogens with zero attached hydrogens (tertiary/aromatic N) is 2. The molecule has 0 atom stereocenters. The van der Waals surface area contributed by atoms with E-state index in [1.165, 1.54) is 0 Å². The smallest absolute Gasteiger partial charge is 0.321 e. The van der Waals surface area contributed by atoms with Crippen molar-refractivity contribution >= 4 is 11.6 Å². The van der Waals surface area contributed by atoms with Gasteiger partial charge in [0.2, 0.25) is 0 Å². The molecule has 0 aliphatic carbocycles. The number of hydrogen-bond donors (Lipinski definition) is 1. The Morgan fingerprint density at radius 1 is 0.839 bits per heavy atom. The molecule has 4 rings (SSSR count). The summed E-state index contributed by atoms with van der Waals surface area (Å²) in [6.45, 7) is 6.06. The van der Waals surface area contributed by atoms with Crippen LogP contribution in [0.15, 0.2) is 79.1 Å². The van der Waals surface area contributed by atoms with Gasteiger partial charge in [0.15, 0.2) is 0 Å². The molecular weight excluding hydrogens is 386 g/mol. The molecule has 154 valence electrons. The lowest BCUT2D eigenvalue weighted by Crippen LogP contribution is -2.12. The highest BCUT2D eigenvalue weighted by atomic mass is 16.5. The highest BCUT2D eigenvalue weighted by molar-refractivity contribution is 6.04. The number of anilines is 1. The third kappa shape index (κ3) is 4.95. The molecule has 0 aliphatic rings. The average molecular weight is 409 g/mol. The van der Waals surface area contributed by atoms with Crippen molar-refractivity contribution in [2.24, 2.45) is 0 Å². The van der Waals surface area contributed by atoms with Gasteiger partial charge >= 0.3 is 6.01 Å². The van der Waals surface area contributed by atoms with Gasteiger partial charge in [0.1, 0.15) is 5.75 Å². The Hall–Kier alpha value is -3.99. The molecule has 1 amide bonds. The average Bonchev–Trinajstić information content (AvgIpc) is 2.74. The fourth-order valence-corrected chi connectivity index (χ4v) is 3.43. The highest BCUT2D eigenvalue weighted by Gasteiger charge is 2.09. The van der Waals surface area contributed by atoms with E-state index >= 15 is 0 Å². The number of aryl methyl sites for hydroxylation is 3. The summed E-state index contributed by atoms with van der Waals surface area (Å²) in [4.78, 5) is 21.1. The van der Waals surface area contributed by atoms with Crippen molar-refractivity contribution in [3.63, 3.8) is 0 Å². The lowest BCUT2D eigenvalue weighted by Gasteiger charge is -2.09. The number of rotatable bonds is 5. The predicted molar refractivity (Wildman–Crippen MR) is 123 cm³/mol. The van der Waals surface area contributed by atoms with Gasteiger partial charge in [-0.2, -0.15) is 0 Å². The normalized spacial score (nSPS) is 10.5. The summed E-state index contributed by atoms with van der Waals surface area (Å²) in [6, 6.07) is 21.2. The molecule has 0 unspecified atom stereocenters. The predicted octanol–water partition coefficient (Wildman–Crippen LogP) is 6.11.